The topological polar surface area (TPSA) is 68.8 Å². The summed E-state index contributed by atoms with van der Waals surface area (Å²) in [4.78, 5) is 18.5. The molecule has 1 heterocycles. The van der Waals surface area contributed by atoms with E-state index in [1.807, 2.05) is 0 Å². The molecule has 0 spiro atoms. The van der Waals surface area contributed by atoms with Gasteiger partial charge in [0.2, 0.25) is 5.91 Å². The lowest BCUT2D eigenvalue weighted by molar-refractivity contribution is -0.122. The molecule has 2 aromatic carbocycles. The molecule has 1 aliphatic heterocycles. The van der Waals surface area contributed by atoms with Crippen molar-refractivity contribution in [2.24, 2.45) is 4.99 Å². The number of nitrogens with zero attached hydrogens (tertiary/aromatic N) is 2. The van der Waals surface area contributed by atoms with Crippen LogP contribution in [0.25, 0.3) is 10.8 Å². The number of carbonyl (C=O) groups excluding carboxylic acids is 1. The number of hydrogen-bond acceptors (Lipinski definition) is 3. The lowest BCUT2D eigenvalue weighted by atomic mass is 10.1. The number of fused-ring (bicyclic) bond motifs is 1. The average Bonchev–Trinajstić information content (AvgIpc) is 2.73. The normalized spacial score (nSPS) is 16.1. The number of aliphatic imine (C=N–C) groups is 1. The maximum absolute atomic E-state index is 11.5. The number of guanidine groups is 1. The predicted octanol–water partition coefficient (Wildman–Crippen LogP) is 2.11. The van der Waals surface area contributed by atoms with Crippen molar-refractivity contribution in [2.75, 3.05) is 33.2 Å². The Labute approximate surface area is 167 Å². The minimum absolute atomic E-state index is 0.0803. The zero-order valence-electron chi connectivity index (χ0n) is 16.9. The molecule has 6 heteroatoms. The van der Waals surface area contributed by atoms with Gasteiger partial charge in [0.1, 0.15) is 0 Å². The second-order valence-corrected chi connectivity index (χ2v) is 7.24. The van der Waals surface area contributed by atoms with Crippen LogP contribution < -0.4 is 16.0 Å². The zero-order chi connectivity index (χ0) is 19.8. The molecule has 150 valence electrons. The molecular formula is C22H31N5O. The van der Waals surface area contributed by atoms with Gasteiger partial charge in [0.15, 0.2) is 5.96 Å². The van der Waals surface area contributed by atoms with Gasteiger partial charge in [-0.25, -0.2) is 4.99 Å². The van der Waals surface area contributed by atoms with E-state index in [0.717, 1.165) is 38.4 Å². The molecule has 3 rings (SSSR count). The number of carbonyl (C=O) groups is 1. The van der Waals surface area contributed by atoms with Gasteiger partial charge in [-0.1, -0.05) is 36.4 Å². The largest absolute Gasteiger partial charge is 0.358 e. The number of amides is 1. The predicted molar refractivity (Wildman–Crippen MR) is 115 cm³/mol. The Balaban J connectivity index is 1.56. The highest BCUT2D eigenvalue weighted by atomic mass is 16.1. The minimum Gasteiger partial charge on any atom is -0.358 e. The summed E-state index contributed by atoms with van der Waals surface area (Å²) in [6, 6.07) is 15.3. The lowest BCUT2D eigenvalue weighted by Gasteiger charge is -2.32. The van der Waals surface area contributed by atoms with Gasteiger partial charge in [0, 0.05) is 32.7 Å². The van der Waals surface area contributed by atoms with Gasteiger partial charge in [-0.2, -0.15) is 0 Å². The van der Waals surface area contributed by atoms with Crippen molar-refractivity contribution in [1.29, 1.82) is 0 Å². The molecule has 6 nitrogen and oxygen atoms in total. The highest BCUT2D eigenvalue weighted by Crippen LogP contribution is 2.16. The lowest BCUT2D eigenvalue weighted by Crippen LogP contribution is -2.50. The number of likely N-dealkylation sites (N-methyl/N-ethyl adjacent to an activating group) is 1. The highest BCUT2D eigenvalue weighted by Gasteiger charge is 2.21. The average molecular weight is 382 g/mol. The van der Waals surface area contributed by atoms with Crippen molar-refractivity contribution in [3.63, 3.8) is 0 Å². The summed E-state index contributed by atoms with van der Waals surface area (Å²) in [6.07, 6.45) is 2.02. The van der Waals surface area contributed by atoms with E-state index in [4.69, 9.17) is 4.99 Å². The maximum Gasteiger partial charge on any atom is 0.233 e. The molecule has 0 radical (unpaired) electrons. The van der Waals surface area contributed by atoms with E-state index in [1.54, 1.807) is 7.05 Å². The third-order valence-electron chi connectivity index (χ3n) is 5.15. The first-order chi connectivity index (χ1) is 13.7. The first-order valence-corrected chi connectivity index (χ1v) is 10.1. The SMILES string of the molecule is CCNC(=NCc1ccc2ccccc2c1)NC1CCN(CC(=O)NC)CC1. The van der Waals surface area contributed by atoms with Crippen LogP contribution in [-0.2, 0) is 11.3 Å². The van der Waals surface area contributed by atoms with E-state index in [2.05, 4.69) is 70.2 Å². The molecule has 0 bridgehead atoms. The van der Waals surface area contributed by atoms with E-state index in [0.29, 0.717) is 19.1 Å². The molecule has 0 aromatic heterocycles. The fourth-order valence-corrected chi connectivity index (χ4v) is 3.54. The third-order valence-corrected chi connectivity index (χ3v) is 5.15. The second kappa shape index (κ2) is 10.1. The summed E-state index contributed by atoms with van der Waals surface area (Å²) in [7, 11) is 1.69. The van der Waals surface area contributed by atoms with Gasteiger partial charge in [0.05, 0.1) is 13.1 Å². The Bertz CT molecular complexity index is 811. The fourth-order valence-electron chi connectivity index (χ4n) is 3.54. The highest BCUT2D eigenvalue weighted by molar-refractivity contribution is 5.83. The zero-order valence-corrected chi connectivity index (χ0v) is 16.9. The van der Waals surface area contributed by atoms with Crippen molar-refractivity contribution < 1.29 is 4.79 Å². The minimum atomic E-state index is 0.0803. The number of piperidine rings is 1. The molecule has 28 heavy (non-hydrogen) atoms. The smallest absolute Gasteiger partial charge is 0.233 e. The molecule has 1 saturated heterocycles. The molecular weight excluding hydrogens is 350 g/mol. The van der Waals surface area contributed by atoms with E-state index in [1.165, 1.54) is 16.3 Å². The Hall–Kier alpha value is -2.60. The molecule has 0 atom stereocenters. The van der Waals surface area contributed by atoms with E-state index in [9.17, 15) is 4.79 Å². The van der Waals surface area contributed by atoms with Gasteiger partial charge in [-0.15, -0.1) is 0 Å². The molecule has 1 amide bonds. The second-order valence-electron chi connectivity index (χ2n) is 7.24. The summed E-state index contributed by atoms with van der Waals surface area (Å²) in [5, 5.41) is 12.1. The van der Waals surface area contributed by atoms with Crippen molar-refractivity contribution >= 4 is 22.6 Å². The summed E-state index contributed by atoms with van der Waals surface area (Å²) < 4.78 is 0. The molecule has 3 N–H and O–H groups in total. The quantitative estimate of drug-likeness (QED) is 0.530. The number of rotatable bonds is 6. The molecule has 0 aliphatic carbocycles. The maximum atomic E-state index is 11.5. The monoisotopic (exact) mass is 381 g/mol. The van der Waals surface area contributed by atoms with Crippen LogP contribution in [0.15, 0.2) is 47.5 Å². The van der Waals surface area contributed by atoms with Gasteiger partial charge in [-0.3, -0.25) is 9.69 Å². The molecule has 2 aromatic rings. The first-order valence-electron chi connectivity index (χ1n) is 10.1. The van der Waals surface area contributed by atoms with Gasteiger partial charge < -0.3 is 16.0 Å². The van der Waals surface area contributed by atoms with Crippen LogP contribution >= 0.6 is 0 Å². The van der Waals surface area contributed by atoms with Crippen molar-refractivity contribution in [3.8, 4) is 0 Å². The Morgan fingerprint density at radius 1 is 1.14 bits per heavy atom. The Morgan fingerprint density at radius 2 is 1.89 bits per heavy atom. The van der Waals surface area contributed by atoms with Crippen molar-refractivity contribution in [2.45, 2.75) is 32.4 Å². The van der Waals surface area contributed by atoms with Crippen LogP contribution in [0.3, 0.4) is 0 Å². The standard InChI is InChI=1S/C22H31N5O/c1-3-24-22(26-20-10-12-27(13-11-20)16-21(28)23-2)25-15-17-8-9-18-6-4-5-7-19(18)14-17/h4-9,14,20H,3,10-13,15-16H2,1-2H3,(H,23,28)(H2,24,25,26). The molecule has 0 saturated carbocycles. The van der Waals surface area contributed by atoms with Crippen molar-refractivity contribution in [1.82, 2.24) is 20.9 Å². The summed E-state index contributed by atoms with van der Waals surface area (Å²) in [5.74, 6) is 0.942. The van der Waals surface area contributed by atoms with E-state index >= 15 is 0 Å². The third kappa shape index (κ3) is 5.70. The Kier molecular flexibility index (Phi) is 7.25. The number of likely N-dealkylation sites (tertiary alicyclic amines) is 1. The van der Waals surface area contributed by atoms with Crippen LogP contribution in [-0.4, -0.2) is 56.0 Å². The number of nitrogens with one attached hydrogen (secondary N) is 3. The van der Waals surface area contributed by atoms with E-state index < -0.39 is 0 Å². The van der Waals surface area contributed by atoms with Gasteiger partial charge in [-0.05, 0) is 42.2 Å². The van der Waals surface area contributed by atoms with Crippen LogP contribution in [0.2, 0.25) is 0 Å². The molecule has 1 aliphatic rings. The Morgan fingerprint density at radius 3 is 2.61 bits per heavy atom. The van der Waals surface area contributed by atoms with Gasteiger partial charge >= 0.3 is 0 Å². The number of hydrogen-bond donors (Lipinski definition) is 3. The number of benzene rings is 2. The van der Waals surface area contributed by atoms with Crippen LogP contribution in [0, 0.1) is 0 Å². The summed E-state index contributed by atoms with van der Waals surface area (Å²) in [6.45, 7) is 5.90. The fraction of sp³-hybridized carbons (Fsp3) is 0.455. The van der Waals surface area contributed by atoms with E-state index in [-0.39, 0.29) is 5.91 Å². The van der Waals surface area contributed by atoms with Crippen LogP contribution in [0.5, 0.6) is 0 Å². The molecule has 0 unspecified atom stereocenters. The van der Waals surface area contributed by atoms with Crippen LogP contribution in [0.1, 0.15) is 25.3 Å². The summed E-state index contributed by atoms with van der Waals surface area (Å²) in [5.41, 5.74) is 1.20. The molecule has 1 fully saturated rings. The summed E-state index contributed by atoms with van der Waals surface area (Å²) >= 11 is 0. The van der Waals surface area contributed by atoms with Gasteiger partial charge in [0.25, 0.3) is 0 Å². The first kappa shape index (κ1) is 20.1. The van der Waals surface area contributed by atoms with Crippen molar-refractivity contribution in [3.05, 3.63) is 48.0 Å². The van der Waals surface area contributed by atoms with Crippen LogP contribution in [0.4, 0.5) is 0 Å².